The molecule has 0 aliphatic heterocycles. The molecule has 1 aromatic carbocycles. The minimum Gasteiger partial charge on any atom is -0.394 e. The van der Waals surface area contributed by atoms with Gasteiger partial charge >= 0.3 is 0 Å². The van der Waals surface area contributed by atoms with Crippen molar-refractivity contribution in [1.82, 2.24) is 0 Å². The van der Waals surface area contributed by atoms with Crippen LogP contribution >= 0.6 is 0 Å². The van der Waals surface area contributed by atoms with Crippen LogP contribution in [-0.4, -0.2) is 71.2 Å². The Hall–Kier alpha value is -1.02. The van der Waals surface area contributed by atoms with Crippen molar-refractivity contribution in [3.05, 3.63) is 35.9 Å². The Morgan fingerprint density at radius 1 is 0.560 bits per heavy atom. The Labute approximate surface area is 151 Å². The lowest BCUT2D eigenvalue weighted by Crippen LogP contribution is -2.12. The zero-order valence-electron chi connectivity index (χ0n) is 15.1. The first-order valence-corrected chi connectivity index (χ1v) is 8.97. The van der Waals surface area contributed by atoms with Crippen LogP contribution in [0.25, 0.3) is 0 Å². The third-order valence-electron chi connectivity index (χ3n) is 3.29. The normalized spacial score (nSPS) is 11.1. The second-order valence-electron chi connectivity index (χ2n) is 5.42. The summed E-state index contributed by atoms with van der Waals surface area (Å²) in [7, 11) is 0. The highest BCUT2D eigenvalue weighted by Crippen LogP contribution is 2.01. The van der Waals surface area contributed by atoms with Crippen molar-refractivity contribution in [1.29, 1.82) is 0 Å². The van der Waals surface area contributed by atoms with E-state index < -0.39 is 0 Å². The highest BCUT2D eigenvalue weighted by atomic mass is 16.6. The number of hydrogen-bond acceptors (Lipinski definition) is 6. The van der Waals surface area contributed by atoms with Crippen molar-refractivity contribution in [2.45, 2.75) is 19.4 Å². The standard InChI is InChI=1S/C19H32O6/c20-8-11-22-13-15-24-17-16-23-14-12-21-9-4-5-10-25-18-19-6-2-1-3-7-19/h1-3,6-7,20H,4-5,8-18H2. The SMILES string of the molecule is OCCOCCOCCOCCOCCCCOCc1ccccc1. The van der Waals surface area contributed by atoms with Gasteiger partial charge in [0.05, 0.1) is 59.5 Å². The molecule has 6 nitrogen and oxygen atoms in total. The topological polar surface area (TPSA) is 66.4 Å². The van der Waals surface area contributed by atoms with Gasteiger partial charge in [-0.25, -0.2) is 0 Å². The van der Waals surface area contributed by atoms with Gasteiger partial charge < -0.3 is 28.8 Å². The van der Waals surface area contributed by atoms with Gasteiger partial charge in [0.15, 0.2) is 0 Å². The molecule has 25 heavy (non-hydrogen) atoms. The molecular weight excluding hydrogens is 324 g/mol. The quantitative estimate of drug-likeness (QED) is 0.406. The molecule has 0 fully saturated rings. The van der Waals surface area contributed by atoms with Crippen LogP contribution in [-0.2, 0) is 30.3 Å². The maximum Gasteiger partial charge on any atom is 0.0716 e. The van der Waals surface area contributed by atoms with E-state index in [1.807, 2.05) is 18.2 Å². The molecule has 0 aliphatic rings. The van der Waals surface area contributed by atoms with Gasteiger partial charge in [-0.15, -0.1) is 0 Å². The lowest BCUT2D eigenvalue weighted by molar-refractivity contribution is -0.00622. The molecule has 0 aromatic heterocycles. The van der Waals surface area contributed by atoms with Gasteiger partial charge in [0.1, 0.15) is 0 Å². The summed E-state index contributed by atoms with van der Waals surface area (Å²) in [5, 5.41) is 8.52. The first kappa shape index (κ1) is 22.0. The van der Waals surface area contributed by atoms with Crippen molar-refractivity contribution >= 4 is 0 Å². The van der Waals surface area contributed by atoms with Crippen LogP contribution in [0.3, 0.4) is 0 Å². The molecule has 1 aromatic rings. The Bertz CT molecular complexity index is 373. The maximum atomic E-state index is 8.52. The Balaban J connectivity index is 1.69. The molecule has 0 amide bonds. The van der Waals surface area contributed by atoms with Gasteiger partial charge in [-0.2, -0.15) is 0 Å². The van der Waals surface area contributed by atoms with Crippen molar-refractivity contribution < 1.29 is 28.8 Å². The molecule has 0 saturated heterocycles. The predicted octanol–water partition coefficient (Wildman–Crippen LogP) is 2.04. The molecule has 1 rings (SSSR count). The highest BCUT2D eigenvalue weighted by molar-refractivity contribution is 5.13. The first-order chi connectivity index (χ1) is 12.4. The Kier molecular flexibility index (Phi) is 15.7. The monoisotopic (exact) mass is 356 g/mol. The molecule has 0 unspecified atom stereocenters. The van der Waals surface area contributed by atoms with E-state index in [9.17, 15) is 0 Å². The number of unbranched alkanes of at least 4 members (excludes halogenated alkanes) is 1. The van der Waals surface area contributed by atoms with Crippen molar-refractivity contribution in [3.8, 4) is 0 Å². The molecule has 0 spiro atoms. The largest absolute Gasteiger partial charge is 0.394 e. The van der Waals surface area contributed by atoms with Gasteiger partial charge in [-0.05, 0) is 18.4 Å². The maximum absolute atomic E-state index is 8.52. The summed E-state index contributed by atoms with van der Waals surface area (Å²) in [5.41, 5.74) is 1.21. The van der Waals surface area contributed by atoms with E-state index in [-0.39, 0.29) is 6.61 Å². The number of hydrogen-bond donors (Lipinski definition) is 1. The summed E-state index contributed by atoms with van der Waals surface area (Å²) in [6, 6.07) is 10.2. The Morgan fingerprint density at radius 2 is 1.04 bits per heavy atom. The fraction of sp³-hybridized carbons (Fsp3) is 0.684. The van der Waals surface area contributed by atoms with E-state index in [1.54, 1.807) is 0 Å². The molecule has 0 radical (unpaired) electrons. The van der Waals surface area contributed by atoms with Crippen LogP contribution in [0.1, 0.15) is 18.4 Å². The second kappa shape index (κ2) is 17.8. The minimum absolute atomic E-state index is 0.0455. The smallest absolute Gasteiger partial charge is 0.0716 e. The molecule has 0 saturated carbocycles. The fourth-order valence-corrected chi connectivity index (χ4v) is 2.00. The minimum atomic E-state index is 0.0455. The third kappa shape index (κ3) is 15.0. The molecule has 0 heterocycles. The van der Waals surface area contributed by atoms with E-state index in [0.717, 1.165) is 26.1 Å². The van der Waals surface area contributed by atoms with Gasteiger partial charge in [0, 0.05) is 13.2 Å². The average molecular weight is 356 g/mol. The van der Waals surface area contributed by atoms with Crippen molar-refractivity contribution in [3.63, 3.8) is 0 Å². The number of benzene rings is 1. The second-order valence-corrected chi connectivity index (χ2v) is 5.42. The average Bonchev–Trinajstić information content (AvgIpc) is 2.65. The van der Waals surface area contributed by atoms with Gasteiger partial charge in [0.25, 0.3) is 0 Å². The predicted molar refractivity (Wildman–Crippen MR) is 95.7 cm³/mol. The van der Waals surface area contributed by atoms with Crippen LogP contribution in [0.4, 0.5) is 0 Å². The Morgan fingerprint density at radius 3 is 1.60 bits per heavy atom. The lowest BCUT2D eigenvalue weighted by Gasteiger charge is -2.07. The van der Waals surface area contributed by atoms with Crippen LogP contribution in [0.15, 0.2) is 30.3 Å². The van der Waals surface area contributed by atoms with Crippen molar-refractivity contribution in [2.24, 2.45) is 0 Å². The number of rotatable bonds is 18. The zero-order valence-corrected chi connectivity index (χ0v) is 15.1. The van der Waals surface area contributed by atoms with E-state index in [1.165, 1.54) is 5.56 Å². The molecule has 1 N–H and O–H groups in total. The zero-order chi connectivity index (χ0) is 17.8. The third-order valence-corrected chi connectivity index (χ3v) is 3.29. The number of aliphatic hydroxyl groups is 1. The summed E-state index contributed by atoms with van der Waals surface area (Å²) in [6.07, 6.45) is 1.99. The summed E-state index contributed by atoms with van der Waals surface area (Å²) in [4.78, 5) is 0. The summed E-state index contributed by atoms with van der Waals surface area (Å²) in [6.45, 7) is 5.86. The molecule has 6 heteroatoms. The van der Waals surface area contributed by atoms with Gasteiger partial charge in [-0.1, -0.05) is 30.3 Å². The first-order valence-electron chi connectivity index (χ1n) is 8.97. The van der Waals surface area contributed by atoms with E-state index in [4.69, 9.17) is 28.8 Å². The molecule has 0 bridgehead atoms. The molecule has 144 valence electrons. The van der Waals surface area contributed by atoms with E-state index in [2.05, 4.69) is 12.1 Å². The summed E-state index contributed by atoms with van der Waals surface area (Å²) < 4.78 is 26.9. The molecule has 0 atom stereocenters. The van der Waals surface area contributed by atoms with Crippen LogP contribution < -0.4 is 0 Å². The van der Waals surface area contributed by atoms with Crippen LogP contribution in [0.2, 0.25) is 0 Å². The highest BCUT2D eigenvalue weighted by Gasteiger charge is 1.95. The molecular formula is C19H32O6. The summed E-state index contributed by atoms with van der Waals surface area (Å²) >= 11 is 0. The van der Waals surface area contributed by atoms with Crippen LogP contribution in [0.5, 0.6) is 0 Å². The van der Waals surface area contributed by atoms with Gasteiger partial charge in [-0.3, -0.25) is 0 Å². The lowest BCUT2D eigenvalue weighted by atomic mass is 10.2. The number of aliphatic hydroxyl groups excluding tert-OH is 1. The van der Waals surface area contributed by atoms with Crippen LogP contribution in [0, 0.1) is 0 Å². The van der Waals surface area contributed by atoms with E-state index in [0.29, 0.717) is 52.9 Å². The van der Waals surface area contributed by atoms with E-state index >= 15 is 0 Å². The number of ether oxygens (including phenoxy) is 5. The van der Waals surface area contributed by atoms with Crippen molar-refractivity contribution in [2.75, 3.05) is 66.1 Å². The summed E-state index contributed by atoms with van der Waals surface area (Å²) in [5.74, 6) is 0. The molecule has 0 aliphatic carbocycles. The fourth-order valence-electron chi connectivity index (χ4n) is 2.00. The van der Waals surface area contributed by atoms with Gasteiger partial charge in [0.2, 0.25) is 0 Å².